The van der Waals surface area contributed by atoms with Crippen LogP contribution >= 0.6 is 0 Å². The van der Waals surface area contributed by atoms with Crippen LogP contribution in [0, 0.1) is 6.92 Å². The minimum Gasteiger partial charge on any atom is -0.492 e. The molecule has 3 rings (SSSR count). The molecule has 0 aliphatic carbocycles. The fraction of sp³-hybridized carbons (Fsp3) is 0.261. The van der Waals surface area contributed by atoms with E-state index in [-0.39, 0.29) is 30.3 Å². The molecule has 1 aromatic heterocycles. The average molecular weight is 407 g/mol. The molecule has 30 heavy (non-hydrogen) atoms. The zero-order valence-corrected chi connectivity index (χ0v) is 17.2. The molecular weight excluding hydrogens is 382 g/mol. The Morgan fingerprint density at radius 3 is 2.47 bits per heavy atom. The van der Waals surface area contributed by atoms with Gasteiger partial charge in [-0.2, -0.15) is 5.10 Å². The van der Waals surface area contributed by atoms with Gasteiger partial charge in [0.1, 0.15) is 30.4 Å². The lowest BCUT2D eigenvalue weighted by Crippen LogP contribution is -2.34. The number of carbonyl (C=O) groups excluding carboxylic acids is 1. The highest BCUT2D eigenvalue weighted by atomic mass is 16.5. The van der Waals surface area contributed by atoms with Crippen molar-refractivity contribution in [2.45, 2.75) is 13.5 Å². The molecule has 156 valence electrons. The van der Waals surface area contributed by atoms with Gasteiger partial charge in [0.25, 0.3) is 11.5 Å². The summed E-state index contributed by atoms with van der Waals surface area (Å²) in [6.07, 6.45) is 0. The van der Waals surface area contributed by atoms with Gasteiger partial charge in [0.05, 0.1) is 13.1 Å². The molecule has 7 nitrogen and oxygen atoms in total. The molecule has 0 saturated carbocycles. The van der Waals surface area contributed by atoms with Crippen molar-refractivity contribution in [2.24, 2.45) is 0 Å². The molecule has 0 aliphatic rings. The highest BCUT2D eigenvalue weighted by molar-refractivity contribution is 5.91. The number of ether oxygens (including phenoxy) is 2. The van der Waals surface area contributed by atoms with Crippen LogP contribution < -0.4 is 15.0 Å². The molecule has 2 aromatic carbocycles. The molecule has 0 radical (unpaired) electrons. The minimum absolute atomic E-state index is 0.202. The number of likely N-dealkylation sites (N-methyl/N-ethyl adjacent to an activating group) is 1. The smallest absolute Gasteiger partial charge is 0.274 e. The Balaban J connectivity index is 1.55. The van der Waals surface area contributed by atoms with E-state index in [9.17, 15) is 9.59 Å². The van der Waals surface area contributed by atoms with E-state index in [2.05, 4.69) is 5.10 Å². The van der Waals surface area contributed by atoms with Crippen molar-refractivity contribution in [3.63, 3.8) is 0 Å². The monoisotopic (exact) mass is 407 g/mol. The Morgan fingerprint density at radius 2 is 1.70 bits per heavy atom. The number of aromatic nitrogens is 2. The van der Waals surface area contributed by atoms with Crippen molar-refractivity contribution in [2.75, 3.05) is 26.8 Å². The Morgan fingerprint density at radius 1 is 0.967 bits per heavy atom. The van der Waals surface area contributed by atoms with Gasteiger partial charge < -0.3 is 14.4 Å². The van der Waals surface area contributed by atoms with Crippen LogP contribution in [0.15, 0.2) is 71.5 Å². The fourth-order valence-electron chi connectivity index (χ4n) is 2.80. The topological polar surface area (TPSA) is 73.7 Å². The van der Waals surface area contributed by atoms with Gasteiger partial charge in [0, 0.05) is 13.1 Å². The number of carbonyl (C=O) groups is 1. The second-order valence-electron chi connectivity index (χ2n) is 6.78. The Hall–Kier alpha value is -3.61. The third-order valence-corrected chi connectivity index (χ3v) is 4.53. The summed E-state index contributed by atoms with van der Waals surface area (Å²) < 4.78 is 12.6. The number of benzene rings is 2. The number of nitrogens with zero attached hydrogens (tertiary/aromatic N) is 3. The van der Waals surface area contributed by atoms with E-state index in [0.29, 0.717) is 18.9 Å². The van der Waals surface area contributed by atoms with E-state index < -0.39 is 0 Å². The van der Waals surface area contributed by atoms with Gasteiger partial charge in [0.15, 0.2) is 0 Å². The summed E-state index contributed by atoms with van der Waals surface area (Å²) in [5, 5.41) is 4.20. The van der Waals surface area contributed by atoms with E-state index in [1.807, 2.05) is 61.5 Å². The summed E-state index contributed by atoms with van der Waals surface area (Å²) >= 11 is 0. The number of amides is 1. The molecule has 0 fully saturated rings. The number of rotatable bonds is 9. The van der Waals surface area contributed by atoms with Gasteiger partial charge >= 0.3 is 0 Å². The number of aryl methyl sites for hydroxylation is 1. The molecule has 1 amide bonds. The predicted octanol–water partition coefficient (Wildman–Crippen LogP) is 2.78. The zero-order chi connectivity index (χ0) is 21.3. The third kappa shape index (κ3) is 5.70. The van der Waals surface area contributed by atoms with Crippen molar-refractivity contribution in [3.8, 4) is 11.5 Å². The zero-order valence-electron chi connectivity index (χ0n) is 17.2. The van der Waals surface area contributed by atoms with Crippen LogP contribution in [-0.4, -0.2) is 47.4 Å². The number of hydrogen-bond donors (Lipinski definition) is 0. The molecule has 0 bridgehead atoms. The van der Waals surface area contributed by atoms with Crippen molar-refractivity contribution in [1.82, 2.24) is 14.7 Å². The lowest BCUT2D eigenvalue weighted by atomic mass is 10.2. The maximum absolute atomic E-state index is 12.7. The first-order chi connectivity index (χ1) is 14.5. The molecule has 0 atom stereocenters. The fourth-order valence-corrected chi connectivity index (χ4v) is 2.80. The van der Waals surface area contributed by atoms with Crippen LogP contribution in [0.1, 0.15) is 16.1 Å². The van der Waals surface area contributed by atoms with Gasteiger partial charge in [-0.25, -0.2) is 4.68 Å². The van der Waals surface area contributed by atoms with Crippen LogP contribution in [0.2, 0.25) is 0 Å². The van der Waals surface area contributed by atoms with Gasteiger partial charge in [-0.15, -0.1) is 0 Å². The number of para-hydroxylation sites is 2. The largest absolute Gasteiger partial charge is 0.492 e. The quantitative estimate of drug-likeness (QED) is 0.545. The third-order valence-electron chi connectivity index (χ3n) is 4.53. The van der Waals surface area contributed by atoms with Crippen molar-refractivity contribution in [3.05, 3.63) is 88.3 Å². The Kier molecular flexibility index (Phi) is 7.21. The SMILES string of the molecule is Cc1ccccc1OCCN(C)C(=O)c1ccc(=O)n(CCOc2ccccc2)n1. The summed E-state index contributed by atoms with van der Waals surface area (Å²) in [6, 6.07) is 19.8. The molecular formula is C23H25N3O4. The molecule has 0 N–H and O–H groups in total. The molecule has 0 aliphatic heterocycles. The first-order valence-corrected chi connectivity index (χ1v) is 9.74. The second kappa shape index (κ2) is 10.2. The van der Waals surface area contributed by atoms with E-state index in [4.69, 9.17) is 9.47 Å². The Labute approximate surface area is 175 Å². The average Bonchev–Trinajstić information content (AvgIpc) is 2.76. The van der Waals surface area contributed by atoms with E-state index in [0.717, 1.165) is 11.3 Å². The van der Waals surface area contributed by atoms with Gasteiger partial charge in [-0.3, -0.25) is 9.59 Å². The van der Waals surface area contributed by atoms with Gasteiger partial charge in [0.2, 0.25) is 0 Å². The molecule has 1 heterocycles. The highest BCUT2D eigenvalue weighted by Crippen LogP contribution is 2.16. The maximum atomic E-state index is 12.7. The summed E-state index contributed by atoms with van der Waals surface area (Å²) in [5.74, 6) is 1.23. The summed E-state index contributed by atoms with van der Waals surface area (Å²) in [7, 11) is 1.68. The van der Waals surface area contributed by atoms with Crippen LogP contribution in [0.5, 0.6) is 11.5 Å². The first-order valence-electron chi connectivity index (χ1n) is 9.74. The summed E-state index contributed by atoms with van der Waals surface area (Å²) in [6.45, 7) is 3.24. The van der Waals surface area contributed by atoms with E-state index in [1.54, 1.807) is 7.05 Å². The van der Waals surface area contributed by atoms with E-state index >= 15 is 0 Å². The predicted molar refractivity (Wildman–Crippen MR) is 114 cm³/mol. The lowest BCUT2D eigenvalue weighted by molar-refractivity contribution is 0.0764. The van der Waals surface area contributed by atoms with Gasteiger partial charge in [-0.1, -0.05) is 36.4 Å². The highest BCUT2D eigenvalue weighted by Gasteiger charge is 2.15. The van der Waals surface area contributed by atoms with Crippen LogP contribution in [0.25, 0.3) is 0 Å². The Bertz CT molecular complexity index is 1030. The molecule has 3 aromatic rings. The van der Waals surface area contributed by atoms with Crippen molar-refractivity contribution >= 4 is 5.91 Å². The molecule has 0 saturated heterocycles. The molecule has 0 unspecified atom stereocenters. The van der Waals surface area contributed by atoms with Crippen LogP contribution in [0.4, 0.5) is 0 Å². The normalized spacial score (nSPS) is 10.5. The second-order valence-corrected chi connectivity index (χ2v) is 6.78. The van der Waals surface area contributed by atoms with Crippen molar-refractivity contribution < 1.29 is 14.3 Å². The summed E-state index contributed by atoms with van der Waals surface area (Å²) in [5.41, 5.74) is 0.958. The van der Waals surface area contributed by atoms with Gasteiger partial charge in [-0.05, 0) is 36.8 Å². The first kappa shape index (κ1) is 21.1. The number of hydrogen-bond acceptors (Lipinski definition) is 5. The maximum Gasteiger partial charge on any atom is 0.274 e. The van der Waals surface area contributed by atoms with Crippen LogP contribution in [0.3, 0.4) is 0 Å². The van der Waals surface area contributed by atoms with Crippen LogP contribution in [-0.2, 0) is 6.54 Å². The van der Waals surface area contributed by atoms with E-state index in [1.165, 1.54) is 21.7 Å². The summed E-state index contributed by atoms with van der Waals surface area (Å²) in [4.78, 5) is 26.3. The molecule has 0 spiro atoms. The lowest BCUT2D eigenvalue weighted by Gasteiger charge is -2.18. The standard InChI is InChI=1S/C23H25N3O4/c1-18-8-6-7-11-21(18)30-16-14-25(2)23(28)20-12-13-22(27)26(24-20)15-17-29-19-9-4-3-5-10-19/h3-13H,14-17H2,1-2H3. The minimum atomic E-state index is -0.284. The molecule has 7 heteroatoms. The van der Waals surface area contributed by atoms with Crippen molar-refractivity contribution in [1.29, 1.82) is 0 Å².